The number of imide groups is 1. The van der Waals surface area contributed by atoms with Gasteiger partial charge in [-0.15, -0.1) is 0 Å². The van der Waals surface area contributed by atoms with E-state index in [1.165, 1.54) is 12.8 Å². The molecule has 0 saturated heterocycles. The van der Waals surface area contributed by atoms with Crippen molar-refractivity contribution in [2.75, 3.05) is 6.54 Å². The molecule has 0 aromatic carbocycles. The number of amides is 3. The van der Waals surface area contributed by atoms with Crippen molar-refractivity contribution in [2.45, 2.75) is 58.8 Å². The number of carboxylic acid groups (broad SMARTS) is 1. The minimum atomic E-state index is -1.05. The predicted octanol–water partition coefficient (Wildman–Crippen LogP) is 2.28. The zero-order chi connectivity index (χ0) is 15.9. The molecule has 0 unspecified atom stereocenters. The number of carbonyl (C=O) groups excluding carboxylic acids is 2. The van der Waals surface area contributed by atoms with Gasteiger partial charge in [-0.25, -0.2) is 4.79 Å². The molecule has 6 nitrogen and oxygen atoms in total. The first-order chi connectivity index (χ1) is 9.83. The quantitative estimate of drug-likeness (QED) is 0.672. The van der Waals surface area contributed by atoms with Crippen LogP contribution >= 0.6 is 0 Å². The van der Waals surface area contributed by atoms with E-state index in [0.717, 1.165) is 19.3 Å². The van der Waals surface area contributed by atoms with E-state index in [-0.39, 0.29) is 18.3 Å². The van der Waals surface area contributed by atoms with Crippen LogP contribution in [0.15, 0.2) is 0 Å². The number of hydrogen-bond acceptors (Lipinski definition) is 3. The Morgan fingerprint density at radius 2 is 1.76 bits per heavy atom. The van der Waals surface area contributed by atoms with Crippen LogP contribution in [0.1, 0.15) is 58.8 Å². The molecule has 1 aliphatic carbocycles. The van der Waals surface area contributed by atoms with Gasteiger partial charge < -0.3 is 10.4 Å². The van der Waals surface area contributed by atoms with E-state index in [9.17, 15) is 14.4 Å². The number of rotatable bonds is 7. The number of urea groups is 1. The summed E-state index contributed by atoms with van der Waals surface area (Å²) in [5.41, 5.74) is 0.148. The van der Waals surface area contributed by atoms with Crippen molar-refractivity contribution in [1.82, 2.24) is 10.6 Å². The lowest BCUT2D eigenvalue weighted by molar-refractivity contribution is -0.138. The molecule has 0 heterocycles. The van der Waals surface area contributed by atoms with Gasteiger partial charge >= 0.3 is 12.0 Å². The Kier molecular flexibility index (Phi) is 6.65. The normalized spacial score (nSPS) is 16.7. The standard InChI is InChI=1S/C15H26N2O4/c1-11(2)9-15(7-3-4-8-15)10-16-14(21)17-12(18)5-6-13(19)20/h11H,3-10H2,1-2H3,(H,19,20)(H2,16,17,18,21). The van der Waals surface area contributed by atoms with Gasteiger partial charge in [0.2, 0.25) is 5.91 Å². The number of carbonyl (C=O) groups is 3. The van der Waals surface area contributed by atoms with Gasteiger partial charge in [-0.05, 0) is 30.6 Å². The van der Waals surface area contributed by atoms with Gasteiger partial charge in [0.25, 0.3) is 0 Å². The Labute approximate surface area is 125 Å². The average Bonchev–Trinajstić information content (AvgIpc) is 2.82. The molecule has 1 fully saturated rings. The third-order valence-electron chi connectivity index (χ3n) is 3.95. The van der Waals surface area contributed by atoms with Gasteiger partial charge in [0.15, 0.2) is 0 Å². The minimum Gasteiger partial charge on any atom is -0.481 e. The van der Waals surface area contributed by atoms with Crippen LogP contribution < -0.4 is 10.6 Å². The van der Waals surface area contributed by atoms with Crippen LogP contribution in [0.4, 0.5) is 4.79 Å². The monoisotopic (exact) mass is 298 g/mol. The van der Waals surface area contributed by atoms with Crippen molar-refractivity contribution < 1.29 is 19.5 Å². The molecule has 3 amide bonds. The molecule has 21 heavy (non-hydrogen) atoms. The van der Waals surface area contributed by atoms with Gasteiger partial charge in [-0.1, -0.05) is 26.7 Å². The Bertz CT molecular complexity index is 387. The summed E-state index contributed by atoms with van der Waals surface area (Å²) in [6, 6.07) is -0.527. The highest BCUT2D eigenvalue weighted by molar-refractivity contribution is 5.95. The van der Waals surface area contributed by atoms with Crippen molar-refractivity contribution in [3.63, 3.8) is 0 Å². The summed E-state index contributed by atoms with van der Waals surface area (Å²) in [6.07, 6.45) is 5.22. The van der Waals surface area contributed by atoms with Crippen molar-refractivity contribution in [3.8, 4) is 0 Å². The van der Waals surface area contributed by atoms with Crippen molar-refractivity contribution in [1.29, 1.82) is 0 Å². The van der Waals surface area contributed by atoms with Crippen molar-refractivity contribution >= 4 is 17.9 Å². The first-order valence-electron chi connectivity index (χ1n) is 7.62. The molecule has 0 aromatic rings. The predicted molar refractivity (Wildman–Crippen MR) is 78.8 cm³/mol. The largest absolute Gasteiger partial charge is 0.481 e. The number of nitrogens with one attached hydrogen (secondary N) is 2. The summed E-state index contributed by atoms with van der Waals surface area (Å²) in [7, 11) is 0. The van der Waals surface area contributed by atoms with Crippen molar-refractivity contribution in [2.24, 2.45) is 11.3 Å². The molecule has 6 heteroatoms. The highest BCUT2D eigenvalue weighted by Gasteiger charge is 2.34. The lowest BCUT2D eigenvalue weighted by atomic mass is 9.78. The van der Waals surface area contributed by atoms with Gasteiger partial charge in [0.05, 0.1) is 6.42 Å². The Balaban J connectivity index is 2.36. The summed E-state index contributed by atoms with van der Waals surface area (Å²) in [4.78, 5) is 33.4. The maximum absolute atomic E-state index is 11.7. The molecule has 0 radical (unpaired) electrons. The first kappa shape index (κ1) is 17.5. The van der Waals surface area contributed by atoms with E-state index in [1.807, 2.05) is 0 Å². The molecule has 0 bridgehead atoms. The molecule has 0 atom stereocenters. The maximum Gasteiger partial charge on any atom is 0.321 e. The molecule has 1 rings (SSSR count). The van der Waals surface area contributed by atoms with Crippen LogP contribution in [0.2, 0.25) is 0 Å². The first-order valence-corrected chi connectivity index (χ1v) is 7.62. The van der Waals surface area contributed by atoms with E-state index in [2.05, 4.69) is 24.5 Å². The number of aliphatic carboxylic acids is 1. The molecular weight excluding hydrogens is 272 g/mol. The van der Waals surface area contributed by atoms with E-state index in [4.69, 9.17) is 5.11 Å². The summed E-state index contributed by atoms with van der Waals surface area (Å²) in [5.74, 6) is -1.03. The fourth-order valence-electron chi connectivity index (χ4n) is 3.17. The highest BCUT2D eigenvalue weighted by Crippen LogP contribution is 2.42. The fraction of sp³-hybridized carbons (Fsp3) is 0.800. The molecule has 0 aromatic heterocycles. The average molecular weight is 298 g/mol. The second-order valence-corrected chi connectivity index (χ2v) is 6.43. The molecule has 120 valence electrons. The van der Waals surface area contributed by atoms with Gasteiger partial charge in [0.1, 0.15) is 0 Å². The lowest BCUT2D eigenvalue weighted by Crippen LogP contribution is -2.44. The van der Waals surface area contributed by atoms with E-state index in [1.54, 1.807) is 0 Å². The summed E-state index contributed by atoms with van der Waals surface area (Å²) >= 11 is 0. The molecule has 0 spiro atoms. The van der Waals surface area contributed by atoms with Crippen LogP contribution in [0.3, 0.4) is 0 Å². The molecule has 0 aliphatic heterocycles. The van der Waals surface area contributed by atoms with Crippen LogP contribution in [0.5, 0.6) is 0 Å². The highest BCUT2D eigenvalue weighted by atomic mass is 16.4. The second kappa shape index (κ2) is 8.00. The third-order valence-corrected chi connectivity index (χ3v) is 3.95. The molecule has 1 aliphatic rings. The number of carboxylic acids is 1. The summed E-state index contributed by atoms with van der Waals surface area (Å²) in [6.45, 7) is 4.92. The Morgan fingerprint density at radius 1 is 1.14 bits per heavy atom. The van der Waals surface area contributed by atoms with Crippen molar-refractivity contribution in [3.05, 3.63) is 0 Å². The van der Waals surface area contributed by atoms with Crippen LogP contribution in [-0.4, -0.2) is 29.6 Å². The molecular formula is C15H26N2O4. The zero-order valence-corrected chi connectivity index (χ0v) is 12.9. The van der Waals surface area contributed by atoms with Gasteiger partial charge in [0, 0.05) is 13.0 Å². The third kappa shape index (κ3) is 6.60. The van der Waals surface area contributed by atoms with Crippen LogP contribution in [0.25, 0.3) is 0 Å². The van der Waals surface area contributed by atoms with E-state index in [0.29, 0.717) is 12.5 Å². The maximum atomic E-state index is 11.7. The van der Waals surface area contributed by atoms with Gasteiger partial charge in [-0.3, -0.25) is 14.9 Å². The topological polar surface area (TPSA) is 95.5 Å². The smallest absolute Gasteiger partial charge is 0.321 e. The SMILES string of the molecule is CC(C)CC1(CNC(=O)NC(=O)CCC(=O)O)CCCC1. The molecule has 3 N–H and O–H groups in total. The second-order valence-electron chi connectivity index (χ2n) is 6.43. The Morgan fingerprint density at radius 3 is 2.29 bits per heavy atom. The summed E-state index contributed by atoms with van der Waals surface area (Å²) in [5, 5.41) is 13.4. The van der Waals surface area contributed by atoms with E-state index >= 15 is 0 Å². The zero-order valence-electron chi connectivity index (χ0n) is 12.9. The van der Waals surface area contributed by atoms with E-state index < -0.39 is 17.9 Å². The fourth-order valence-corrected chi connectivity index (χ4v) is 3.17. The van der Waals surface area contributed by atoms with Crippen LogP contribution in [0, 0.1) is 11.3 Å². The van der Waals surface area contributed by atoms with Gasteiger partial charge in [-0.2, -0.15) is 0 Å². The minimum absolute atomic E-state index is 0.148. The Hall–Kier alpha value is -1.59. The summed E-state index contributed by atoms with van der Waals surface area (Å²) < 4.78 is 0. The lowest BCUT2D eigenvalue weighted by Gasteiger charge is -2.31. The molecule has 1 saturated carbocycles. The van der Waals surface area contributed by atoms with Crippen LogP contribution in [-0.2, 0) is 9.59 Å². The number of hydrogen-bond donors (Lipinski definition) is 3.